The van der Waals surface area contributed by atoms with Gasteiger partial charge in [-0.15, -0.1) is 0 Å². The summed E-state index contributed by atoms with van der Waals surface area (Å²) in [6, 6.07) is 53.3. The molecule has 2 aromatic heterocycles. The van der Waals surface area contributed by atoms with Crippen LogP contribution in [-0.4, -0.2) is 15.0 Å². The SMILES string of the molecule is C1=C(c2cccc(-c3cc(-c4ccccn4)nc(-c4ccccc4)n3)c2)CCC2=C1C1(c3ccccc3O2)c2ccccc2-c2ccccc21. The Hall–Kier alpha value is -6.39. The van der Waals surface area contributed by atoms with Gasteiger partial charge in [-0.3, -0.25) is 4.98 Å². The first-order valence-corrected chi connectivity index (χ1v) is 17.1. The third-order valence-electron chi connectivity index (χ3n) is 10.3. The van der Waals surface area contributed by atoms with E-state index in [-0.39, 0.29) is 0 Å². The van der Waals surface area contributed by atoms with Crippen molar-refractivity contribution in [2.45, 2.75) is 18.3 Å². The summed E-state index contributed by atoms with van der Waals surface area (Å²) in [6.45, 7) is 0. The molecule has 2 aliphatic carbocycles. The third kappa shape index (κ3) is 4.35. The Morgan fingerprint density at radius 3 is 1.94 bits per heavy atom. The molecular weight excluding hydrogens is 611 g/mol. The summed E-state index contributed by atoms with van der Waals surface area (Å²) in [7, 11) is 0. The van der Waals surface area contributed by atoms with Gasteiger partial charge in [-0.1, -0.05) is 127 Å². The Bertz CT molecular complexity index is 2410. The molecule has 4 heteroatoms. The molecule has 1 aliphatic heterocycles. The molecule has 0 saturated carbocycles. The van der Waals surface area contributed by atoms with Gasteiger partial charge in [0.2, 0.25) is 0 Å². The smallest absolute Gasteiger partial charge is 0.160 e. The van der Waals surface area contributed by atoms with Crippen LogP contribution in [0, 0.1) is 0 Å². The Morgan fingerprint density at radius 2 is 1.16 bits per heavy atom. The van der Waals surface area contributed by atoms with Crippen molar-refractivity contribution in [1.82, 2.24) is 15.0 Å². The summed E-state index contributed by atoms with van der Waals surface area (Å²) in [6.07, 6.45) is 5.92. The van der Waals surface area contributed by atoms with Crippen LogP contribution in [-0.2, 0) is 5.41 Å². The molecule has 0 fully saturated rings. The fourth-order valence-electron chi connectivity index (χ4n) is 8.15. The van der Waals surface area contributed by atoms with Crippen molar-refractivity contribution in [3.63, 3.8) is 0 Å². The van der Waals surface area contributed by atoms with Crippen molar-refractivity contribution in [1.29, 1.82) is 0 Å². The molecule has 0 saturated heterocycles. The number of benzene rings is 5. The van der Waals surface area contributed by atoms with Crippen molar-refractivity contribution in [2.24, 2.45) is 0 Å². The topological polar surface area (TPSA) is 47.9 Å². The number of hydrogen-bond donors (Lipinski definition) is 0. The van der Waals surface area contributed by atoms with Crippen LogP contribution in [0.3, 0.4) is 0 Å². The van der Waals surface area contributed by atoms with Gasteiger partial charge in [-0.25, -0.2) is 9.97 Å². The average molecular weight is 642 g/mol. The second-order valence-corrected chi connectivity index (χ2v) is 13.1. The van der Waals surface area contributed by atoms with Crippen molar-refractivity contribution in [3.05, 3.63) is 198 Å². The highest BCUT2D eigenvalue weighted by Crippen LogP contribution is 2.62. The number of pyridine rings is 1. The van der Waals surface area contributed by atoms with E-state index < -0.39 is 5.41 Å². The number of rotatable bonds is 4. The summed E-state index contributed by atoms with van der Waals surface area (Å²) in [4.78, 5) is 14.7. The van der Waals surface area contributed by atoms with Gasteiger partial charge < -0.3 is 4.74 Å². The number of ether oxygens (including phenoxy) is 1. The van der Waals surface area contributed by atoms with Crippen molar-refractivity contribution >= 4 is 5.57 Å². The van der Waals surface area contributed by atoms with Crippen LogP contribution in [0.15, 0.2) is 175 Å². The van der Waals surface area contributed by atoms with Gasteiger partial charge in [-0.05, 0) is 70.1 Å². The highest BCUT2D eigenvalue weighted by atomic mass is 16.5. The van der Waals surface area contributed by atoms with E-state index in [1.807, 2.05) is 36.4 Å². The zero-order chi connectivity index (χ0) is 33.1. The first kappa shape index (κ1) is 28.6. The number of allylic oxidation sites excluding steroid dienone is 4. The molecule has 0 bridgehead atoms. The largest absolute Gasteiger partial charge is 0.461 e. The Labute approximate surface area is 291 Å². The molecule has 50 heavy (non-hydrogen) atoms. The molecule has 4 nitrogen and oxygen atoms in total. The molecule has 3 heterocycles. The Balaban J connectivity index is 1.14. The maximum absolute atomic E-state index is 6.75. The molecule has 7 aromatic rings. The number of aromatic nitrogens is 3. The summed E-state index contributed by atoms with van der Waals surface area (Å²) >= 11 is 0. The molecule has 5 aromatic carbocycles. The van der Waals surface area contributed by atoms with Gasteiger partial charge in [0.15, 0.2) is 5.82 Å². The van der Waals surface area contributed by atoms with Crippen molar-refractivity contribution in [2.75, 3.05) is 0 Å². The lowest BCUT2D eigenvalue weighted by atomic mass is 9.64. The minimum atomic E-state index is -0.463. The van der Waals surface area contributed by atoms with Crippen molar-refractivity contribution < 1.29 is 4.74 Å². The lowest BCUT2D eigenvalue weighted by molar-refractivity contribution is 0.365. The van der Waals surface area contributed by atoms with Gasteiger partial charge >= 0.3 is 0 Å². The van der Waals surface area contributed by atoms with E-state index >= 15 is 0 Å². The van der Waals surface area contributed by atoms with Crippen LogP contribution in [0.5, 0.6) is 5.75 Å². The average Bonchev–Trinajstić information content (AvgIpc) is 3.49. The molecular formula is C46H31N3O. The van der Waals surface area contributed by atoms with E-state index in [4.69, 9.17) is 14.7 Å². The van der Waals surface area contributed by atoms with Crippen LogP contribution in [0.25, 0.3) is 50.7 Å². The van der Waals surface area contributed by atoms with Crippen molar-refractivity contribution in [3.8, 4) is 50.9 Å². The summed E-state index contributed by atoms with van der Waals surface area (Å²) in [5.74, 6) is 2.68. The number of nitrogens with zero attached hydrogens (tertiary/aromatic N) is 3. The van der Waals surface area contributed by atoms with Crippen LogP contribution in [0.2, 0.25) is 0 Å². The van der Waals surface area contributed by atoms with E-state index in [1.165, 1.54) is 44.5 Å². The van der Waals surface area contributed by atoms with E-state index in [2.05, 4.69) is 126 Å². The van der Waals surface area contributed by atoms with Gasteiger partial charge in [0.1, 0.15) is 11.5 Å². The molecule has 0 atom stereocenters. The van der Waals surface area contributed by atoms with Crippen LogP contribution in [0.4, 0.5) is 0 Å². The van der Waals surface area contributed by atoms with E-state index in [0.717, 1.165) is 52.6 Å². The van der Waals surface area contributed by atoms with Gasteiger partial charge in [-0.2, -0.15) is 0 Å². The molecule has 1 spiro atoms. The molecule has 0 radical (unpaired) electrons. The quantitative estimate of drug-likeness (QED) is 0.192. The lowest BCUT2D eigenvalue weighted by Gasteiger charge is -2.42. The zero-order valence-corrected chi connectivity index (χ0v) is 27.3. The number of hydrogen-bond acceptors (Lipinski definition) is 4. The highest BCUT2D eigenvalue weighted by Gasteiger charge is 2.52. The fraction of sp³-hybridized carbons (Fsp3) is 0.0652. The number of para-hydroxylation sites is 1. The Kier molecular flexibility index (Phi) is 6.50. The standard InChI is InChI=1S/C46H31N3O/c1-2-13-30(14-3-1)45-48-41(29-42(49-45)40-22-10-11-26-47-40)33-16-12-15-31(27-33)32-24-25-44-39(28-32)46(38-21-8-9-23-43(38)50-44)36-19-6-4-17-34(36)35-18-5-7-20-37(35)46/h1-23,26-29H,24-25H2. The molecule has 3 aliphatic rings. The summed E-state index contributed by atoms with van der Waals surface area (Å²) < 4.78 is 6.75. The second-order valence-electron chi connectivity index (χ2n) is 13.1. The molecule has 0 amide bonds. The predicted octanol–water partition coefficient (Wildman–Crippen LogP) is 10.7. The Morgan fingerprint density at radius 1 is 0.500 bits per heavy atom. The first-order valence-electron chi connectivity index (χ1n) is 17.1. The van der Waals surface area contributed by atoms with E-state index in [1.54, 1.807) is 6.20 Å². The van der Waals surface area contributed by atoms with Crippen LogP contribution < -0.4 is 4.74 Å². The van der Waals surface area contributed by atoms with Gasteiger partial charge in [0.05, 0.1) is 22.5 Å². The minimum Gasteiger partial charge on any atom is -0.461 e. The molecule has 0 unspecified atom stereocenters. The number of fused-ring (bicyclic) bond motifs is 8. The maximum Gasteiger partial charge on any atom is 0.160 e. The predicted molar refractivity (Wildman–Crippen MR) is 199 cm³/mol. The van der Waals surface area contributed by atoms with Crippen LogP contribution in [0.1, 0.15) is 35.1 Å². The first-order chi connectivity index (χ1) is 24.8. The maximum atomic E-state index is 6.75. The second kappa shape index (κ2) is 11.4. The van der Waals surface area contributed by atoms with E-state index in [0.29, 0.717) is 5.82 Å². The molecule has 236 valence electrons. The third-order valence-corrected chi connectivity index (χ3v) is 10.3. The highest BCUT2D eigenvalue weighted by molar-refractivity contribution is 5.89. The fourth-order valence-corrected chi connectivity index (χ4v) is 8.15. The van der Waals surface area contributed by atoms with Crippen LogP contribution >= 0.6 is 0 Å². The van der Waals surface area contributed by atoms with Gasteiger partial charge in [0, 0.05) is 34.9 Å². The van der Waals surface area contributed by atoms with Gasteiger partial charge in [0.25, 0.3) is 0 Å². The summed E-state index contributed by atoms with van der Waals surface area (Å²) in [5, 5.41) is 0. The lowest BCUT2D eigenvalue weighted by Crippen LogP contribution is -2.35. The zero-order valence-electron chi connectivity index (χ0n) is 27.3. The molecule has 0 N–H and O–H groups in total. The van der Waals surface area contributed by atoms with E-state index in [9.17, 15) is 0 Å². The normalized spacial score (nSPS) is 15.0. The summed E-state index contributed by atoms with van der Waals surface area (Å²) in [5.41, 5.74) is 14.1. The molecule has 10 rings (SSSR count). The minimum absolute atomic E-state index is 0.463. The monoisotopic (exact) mass is 641 g/mol.